The molecule has 0 fully saturated rings. The van der Waals surface area contributed by atoms with Crippen molar-refractivity contribution in [3.8, 4) is 5.69 Å². The second kappa shape index (κ2) is 6.82. The van der Waals surface area contributed by atoms with Gasteiger partial charge < -0.3 is 5.32 Å². The summed E-state index contributed by atoms with van der Waals surface area (Å²) >= 11 is 6.22. The van der Waals surface area contributed by atoms with Crippen molar-refractivity contribution in [1.82, 2.24) is 9.78 Å². The molecular weight excluding hydrogens is 365 g/mol. The molecule has 27 heavy (non-hydrogen) atoms. The van der Waals surface area contributed by atoms with E-state index in [1.54, 1.807) is 16.8 Å². The Morgan fingerprint density at radius 3 is 2.67 bits per heavy atom. The monoisotopic (exact) mass is 383 g/mol. The van der Waals surface area contributed by atoms with Crippen LogP contribution in [0.5, 0.6) is 0 Å². The number of benzene rings is 2. The molecule has 4 rings (SSSR count). The molecule has 4 nitrogen and oxygen atoms in total. The van der Waals surface area contributed by atoms with E-state index < -0.39 is 0 Å². The van der Waals surface area contributed by atoms with Gasteiger partial charge in [0.2, 0.25) is 0 Å². The molecule has 1 aliphatic rings. The van der Waals surface area contributed by atoms with Gasteiger partial charge >= 0.3 is 0 Å². The number of Topliss-reactive ketones (excluding diaryl/α,β-unsaturated/α-hetero) is 1. The molecular formula is C21H19ClFN3O. The number of aromatic nitrogens is 2. The highest BCUT2D eigenvalue weighted by atomic mass is 35.5. The van der Waals surface area contributed by atoms with E-state index in [0.717, 1.165) is 29.1 Å². The van der Waals surface area contributed by atoms with Crippen LogP contribution in [-0.4, -0.2) is 15.6 Å². The van der Waals surface area contributed by atoms with Crippen LogP contribution in [0.1, 0.15) is 35.0 Å². The Labute approximate surface area is 162 Å². The molecule has 0 bridgehead atoms. The van der Waals surface area contributed by atoms with Crippen LogP contribution < -0.4 is 5.32 Å². The van der Waals surface area contributed by atoms with Gasteiger partial charge in [0.15, 0.2) is 11.6 Å². The maximum Gasteiger partial charge on any atom is 0.168 e. The van der Waals surface area contributed by atoms with E-state index in [2.05, 4.69) is 17.3 Å². The Bertz CT molecular complexity index is 1030. The fourth-order valence-electron chi connectivity index (χ4n) is 3.51. The van der Waals surface area contributed by atoms with E-state index in [4.69, 9.17) is 11.6 Å². The number of nitrogens with one attached hydrogen (secondary N) is 1. The Morgan fingerprint density at radius 2 is 1.93 bits per heavy atom. The van der Waals surface area contributed by atoms with Crippen LogP contribution in [0.15, 0.2) is 42.5 Å². The van der Waals surface area contributed by atoms with Crippen LogP contribution in [0.4, 0.5) is 15.9 Å². The van der Waals surface area contributed by atoms with Crippen molar-refractivity contribution in [3.05, 3.63) is 70.1 Å². The van der Waals surface area contributed by atoms with Crippen molar-refractivity contribution in [3.63, 3.8) is 0 Å². The van der Waals surface area contributed by atoms with E-state index in [0.29, 0.717) is 22.8 Å². The predicted molar refractivity (Wildman–Crippen MR) is 105 cm³/mol. The van der Waals surface area contributed by atoms with E-state index in [1.807, 2.05) is 25.1 Å². The van der Waals surface area contributed by atoms with Gasteiger partial charge in [-0.05, 0) is 61.2 Å². The van der Waals surface area contributed by atoms with Crippen molar-refractivity contribution < 1.29 is 9.18 Å². The summed E-state index contributed by atoms with van der Waals surface area (Å²) in [7, 11) is 0. The van der Waals surface area contributed by atoms with Gasteiger partial charge in [0.1, 0.15) is 5.82 Å². The second-order valence-corrected chi connectivity index (χ2v) is 7.44. The SMILES string of the molecule is Cc1c(Cl)cccc1Nc1nn(-c2ccc(F)cc2)c2c1C(=O)C[C@@H](C)C2. The molecule has 138 valence electrons. The fourth-order valence-corrected chi connectivity index (χ4v) is 3.68. The molecule has 0 unspecified atom stereocenters. The van der Waals surface area contributed by atoms with Gasteiger partial charge in [-0.2, -0.15) is 0 Å². The van der Waals surface area contributed by atoms with Crippen molar-refractivity contribution in [2.24, 2.45) is 5.92 Å². The van der Waals surface area contributed by atoms with Crippen molar-refractivity contribution in [1.29, 1.82) is 0 Å². The molecule has 6 heteroatoms. The summed E-state index contributed by atoms with van der Waals surface area (Å²) in [6, 6.07) is 11.7. The molecule has 0 saturated carbocycles. The predicted octanol–water partition coefficient (Wildman–Crippen LogP) is 5.48. The summed E-state index contributed by atoms with van der Waals surface area (Å²) in [5.74, 6) is 0.509. The van der Waals surface area contributed by atoms with Gasteiger partial charge in [-0.15, -0.1) is 5.10 Å². The maximum atomic E-state index is 13.3. The molecule has 0 radical (unpaired) electrons. The molecule has 1 aromatic heterocycles. The van der Waals surface area contributed by atoms with Gasteiger partial charge in [-0.1, -0.05) is 24.6 Å². The topological polar surface area (TPSA) is 46.9 Å². The van der Waals surface area contributed by atoms with Crippen molar-refractivity contribution in [2.45, 2.75) is 26.7 Å². The highest BCUT2D eigenvalue weighted by Crippen LogP contribution is 2.35. The van der Waals surface area contributed by atoms with Crippen LogP contribution in [0.25, 0.3) is 5.69 Å². The molecule has 0 saturated heterocycles. The zero-order valence-corrected chi connectivity index (χ0v) is 15.8. The lowest BCUT2D eigenvalue weighted by Crippen LogP contribution is -2.19. The lowest BCUT2D eigenvalue weighted by atomic mass is 9.87. The first kappa shape index (κ1) is 17.7. The average Bonchev–Trinajstić information content (AvgIpc) is 2.98. The fraction of sp³-hybridized carbons (Fsp3) is 0.238. The summed E-state index contributed by atoms with van der Waals surface area (Å²) in [5.41, 5.74) is 3.89. The average molecular weight is 384 g/mol. The van der Waals surface area contributed by atoms with Gasteiger partial charge in [0, 0.05) is 17.1 Å². The number of nitrogens with zero attached hydrogens (tertiary/aromatic N) is 2. The third-order valence-electron chi connectivity index (χ3n) is 4.93. The quantitative estimate of drug-likeness (QED) is 0.651. The molecule has 0 aliphatic heterocycles. The number of hydrogen-bond acceptors (Lipinski definition) is 3. The van der Waals surface area contributed by atoms with E-state index in [9.17, 15) is 9.18 Å². The minimum absolute atomic E-state index is 0.0688. The third-order valence-corrected chi connectivity index (χ3v) is 5.34. The molecule has 1 heterocycles. The second-order valence-electron chi connectivity index (χ2n) is 7.03. The Hall–Kier alpha value is -2.66. The van der Waals surface area contributed by atoms with Gasteiger partial charge in [-0.3, -0.25) is 4.79 Å². The Kier molecular flexibility index (Phi) is 4.48. The summed E-state index contributed by atoms with van der Waals surface area (Å²) in [6.07, 6.45) is 1.23. The van der Waals surface area contributed by atoms with Crippen LogP contribution >= 0.6 is 11.6 Å². The van der Waals surface area contributed by atoms with Crippen LogP contribution in [0, 0.1) is 18.7 Å². The lowest BCUT2D eigenvalue weighted by Gasteiger charge is -2.19. The van der Waals surface area contributed by atoms with E-state index >= 15 is 0 Å². The molecule has 0 spiro atoms. The van der Waals surface area contributed by atoms with Crippen LogP contribution in [-0.2, 0) is 6.42 Å². The van der Waals surface area contributed by atoms with Crippen molar-refractivity contribution >= 4 is 28.9 Å². The lowest BCUT2D eigenvalue weighted by molar-refractivity contribution is 0.0953. The van der Waals surface area contributed by atoms with Gasteiger partial charge in [0.25, 0.3) is 0 Å². The first-order valence-electron chi connectivity index (χ1n) is 8.87. The highest BCUT2D eigenvalue weighted by molar-refractivity contribution is 6.31. The van der Waals surface area contributed by atoms with Gasteiger partial charge in [-0.25, -0.2) is 9.07 Å². The highest BCUT2D eigenvalue weighted by Gasteiger charge is 2.31. The normalized spacial score (nSPS) is 16.3. The zero-order valence-electron chi connectivity index (χ0n) is 15.1. The van der Waals surface area contributed by atoms with E-state index in [-0.39, 0.29) is 17.5 Å². The minimum atomic E-state index is -0.308. The van der Waals surface area contributed by atoms with Crippen molar-refractivity contribution in [2.75, 3.05) is 5.32 Å². The maximum absolute atomic E-state index is 13.3. The number of hydrogen-bond donors (Lipinski definition) is 1. The molecule has 1 aliphatic carbocycles. The Morgan fingerprint density at radius 1 is 1.19 bits per heavy atom. The minimum Gasteiger partial charge on any atom is -0.338 e. The van der Waals surface area contributed by atoms with E-state index in [1.165, 1.54) is 12.1 Å². The first-order valence-corrected chi connectivity index (χ1v) is 9.25. The molecule has 2 aromatic carbocycles. The number of ketones is 1. The molecule has 1 N–H and O–H groups in total. The summed E-state index contributed by atoms with van der Waals surface area (Å²) in [5, 5.41) is 8.58. The number of halogens is 2. The molecule has 3 aromatic rings. The van der Waals surface area contributed by atoms with Crippen LogP contribution in [0.3, 0.4) is 0 Å². The molecule has 1 atom stereocenters. The van der Waals surface area contributed by atoms with Crippen LogP contribution in [0.2, 0.25) is 5.02 Å². The number of anilines is 2. The Balaban J connectivity index is 1.85. The summed E-state index contributed by atoms with van der Waals surface area (Å²) in [4.78, 5) is 12.8. The summed E-state index contributed by atoms with van der Waals surface area (Å²) < 4.78 is 15.1. The first-order chi connectivity index (χ1) is 12.9. The summed E-state index contributed by atoms with van der Waals surface area (Å²) in [6.45, 7) is 3.97. The number of rotatable bonds is 3. The number of carbonyl (C=O) groups is 1. The zero-order chi connectivity index (χ0) is 19.1. The van der Waals surface area contributed by atoms with Gasteiger partial charge in [0.05, 0.1) is 16.9 Å². The smallest absolute Gasteiger partial charge is 0.168 e. The molecule has 0 amide bonds. The third kappa shape index (κ3) is 3.23. The standard InChI is InChI=1S/C21H19ClFN3O/c1-12-10-18-20(19(27)11-12)21(24-17-5-3-4-16(22)13(17)2)25-26(18)15-8-6-14(23)7-9-15/h3-9,12H,10-11H2,1-2H3,(H,24,25)/t12-/m0/s1. The number of fused-ring (bicyclic) bond motifs is 1. The number of carbonyl (C=O) groups excluding carboxylic acids is 1. The largest absolute Gasteiger partial charge is 0.338 e.